The van der Waals surface area contributed by atoms with Crippen molar-refractivity contribution in [3.8, 4) is 0 Å². The van der Waals surface area contributed by atoms with Crippen LogP contribution in [0.25, 0.3) is 0 Å². The van der Waals surface area contributed by atoms with Crippen molar-refractivity contribution < 1.29 is 4.79 Å². The zero-order valence-corrected chi connectivity index (χ0v) is 11.3. The highest BCUT2D eigenvalue weighted by Gasteiger charge is 2.18. The third-order valence-corrected chi connectivity index (χ3v) is 3.05. The molecular formula is C16H18N2O. The molecule has 98 valence electrons. The van der Waals surface area contributed by atoms with Crippen molar-refractivity contribution in [3.05, 3.63) is 60.7 Å². The summed E-state index contributed by atoms with van der Waals surface area (Å²) in [5.41, 5.74) is 1.81. The Bertz CT molecular complexity index is 525. The van der Waals surface area contributed by atoms with E-state index in [9.17, 15) is 4.79 Å². The molecule has 0 aromatic heterocycles. The van der Waals surface area contributed by atoms with Gasteiger partial charge in [-0.3, -0.25) is 9.80 Å². The SMILES string of the molecule is CCN(C(=O)N(C)c1ccccc1)c1ccccc1. The Hall–Kier alpha value is -2.29. The zero-order valence-electron chi connectivity index (χ0n) is 11.3. The third-order valence-electron chi connectivity index (χ3n) is 3.05. The van der Waals surface area contributed by atoms with E-state index < -0.39 is 0 Å². The summed E-state index contributed by atoms with van der Waals surface area (Å²) in [5.74, 6) is 0. The van der Waals surface area contributed by atoms with Crippen molar-refractivity contribution in [2.24, 2.45) is 0 Å². The quantitative estimate of drug-likeness (QED) is 0.818. The molecule has 2 aromatic rings. The average molecular weight is 254 g/mol. The Morgan fingerprint density at radius 3 is 1.84 bits per heavy atom. The number of hydrogen-bond acceptors (Lipinski definition) is 1. The Balaban J connectivity index is 2.22. The number of para-hydroxylation sites is 2. The molecule has 0 saturated carbocycles. The number of benzene rings is 2. The smallest absolute Gasteiger partial charge is 0.297 e. The molecule has 0 N–H and O–H groups in total. The van der Waals surface area contributed by atoms with E-state index in [2.05, 4.69) is 0 Å². The van der Waals surface area contributed by atoms with Gasteiger partial charge in [-0.2, -0.15) is 0 Å². The maximum absolute atomic E-state index is 12.5. The van der Waals surface area contributed by atoms with Crippen LogP contribution in [-0.2, 0) is 0 Å². The fourth-order valence-electron chi connectivity index (χ4n) is 1.98. The van der Waals surface area contributed by atoms with Crippen molar-refractivity contribution >= 4 is 17.4 Å². The Morgan fingerprint density at radius 2 is 1.37 bits per heavy atom. The first-order chi connectivity index (χ1) is 9.24. The van der Waals surface area contributed by atoms with E-state index in [1.54, 1.807) is 16.8 Å². The number of carbonyl (C=O) groups excluding carboxylic acids is 1. The van der Waals surface area contributed by atoms with Gasteiger partial charge < -0.3 is 0 Å². The summed E-state index contributed by atoms with van der Waals surface area (Å²) in [6.45, 7) is 2.61. The molecule has 2 rings (SSSR count). The highest BCUT2D eigenvalue weighted by atomic mass is 16.2. The Labute approximate surface area is 114 Å². The molecule has 0 bridgehead atoms. The van der Waals surface area contributed by atoms with Gasteiger partial charge in [-0.05, 0) is 31.2 Å². The van der Waals surface area contributed by atoms with Crippen LogP contribution in [0.2, 0.25) is 0 Å². The summed E-state index contributed by atoms with van der Waals surface area (Å²) in [6.07, 6.45) is 0. The number of hydrogen-bond donors (Lipinski definition) is 0. The summed E-state index contributed by atoms with van der Waals surface area (Å²) in [4.78, 5) is 15.9. The number of amides is 2. The second-order valence-corrected chi connectivity index (χ2v) is 4.26. The van der Waals surface area contributed by atoms with Crippen LogP contribution >= 0.6 is 0 Å². The number of anilines is 2. The van der Waals surface area contributed by atoms with E-state index in [4.69, 9.17) is 0 Å². The lowest BCUT2D eigenvalue weighted by Gasteiger charge is -2.27. The molecule has 0 fully saturated rings. The summed E-state index contributed by atoms with van der Waals surface area (Å²) < 4.78 is 0. The van der Waals surface area contributed by atoms with Gasteiger partial charge in [0.2, 0.25) is 0 Å². The molecule has 0 aliphatic carbocycles. The van der Waals surface area contributed by atoms with E-state index in [1.165, 1.54) is 0 Å². The first-order valence-electron chi connectivity index (χ1n) is 6.39. The van der Waals surface area contributed by atoms with Gasteiger partial charge in [0.25, 0.3) is 0 Å². The molecule has 0 heterocycles. The van der Waals surface area contributed by atoms with Crippen LogP contribution in [0.5, 0.6) is 0 Å². The molecule has 0 saturated heterocycles. The largest absolute Gasteiger partial charge is 0.328 e. The van der Waals surface area contributed by atoms with Crippen molar-refractivity contribution in [1.82, 2.24) is 0 Å². The fraction of sp³-hybridized carbons (Fsp3) is 0.188. The second kappa shape index (κ2) is 6.05. The van der Waals surface area contributed by atoms with Gasteiger partial charge in [-0.1, -0.05) is 36.4 Å². The minimum Gasteiger partial charge on any atom is -0.297 e. The summed E-state index contributed by atoms with van der Waals surface area (Å²) in [5, 5.41) is 0. The van der Waals surface area contributed by atoms with Gasteiger partial charge in [0, 0.05) is 25.0 Å². The van der Waals surface area contributed by atoms with Gasteiger partial charge in [-0.25, -0.2) is 4.79 Å². The van der Waals surface area contributed by atoms with Crippen LogP contribution in [-0.4, -0.2) is 19.6 Å². The van der Waals surface area contributed by atoms with Gasteiger partial charge in [0.15, 0.2) is 0 Å². The lowest BCUT2D eigenvalue weighted by molar-refractivity contribution is 0.253. The van der Waals surface area contributed by atoms with Gasteiger partial charge >= 0.3 is 6.03 Å². The zero-order chi connectivity index (χ0) is 13.7. The Kier molecular flexibility index (Phi) is 4.18. The molecule has 0 aliphatic heterocycles. The molecular weight excluding hydrogens is 236 g/mol. The van der Waals surface area contributed by atoms with E-state index >= 15 is 0 Å². The second-order valence-electron chi connectivity index (χ2n) is 4.26. The van der Waals surface area contributed by atoms with E-state index in [0.717, 1.165) is 11.4 Å². The maximum atomic E-state index is 12.5. The number of carbonyl (C=O) groups is 1. The molecule has 0 aliphatic rings. The minimum atomic E-state index is -0.0279. The third kappa shape index (κ3) is 2.94. The number of nitrogens with zero attached hydrogens (tertiary/aromatic N) is 2. The van der Waals surface area contributed by atoms with Crippen molar-refractivity contribution in [1.29, 1.82) is 0 Å². The summed E-state index contributed by atoms with van der Waals surface area (Å²) in [7, 11) is 1.79. The average Bonchev–Trinajstić information content (AvgIpc) is 2.49. The van der Waals surface area contributed by atoms with Crippen LogP contribution in [0, 0.1) is 0 Å². The first kappa shape index (κ1) is 13.1. The first-order valence-corrected chi connectivity index (χ1v) is 6.39. The van der Waals surface area contributed by atoms with Crippen molar-refractivity contribution in [2.75, 3.05) is 23.4 Å². The molecule has 3 nitrogen and oxygen atoms in total. The molecule has 0 atom stereocenters. The van der Waals surface area contributed by atoms with Gasteiger partial charge in [-0.15, -0.1) is 0 Å². The monoisotopic (exact) mass is 254 g/mol. The molecule has 0 radical (unpaired) electrons. The number of rotatable bonds is 3. The highest BCUT2D eigenvalue weighted by molar-refractivity contribution is 6.03. The minimum absolute atomic E-state index is 0.0279. The summed E-state index contributed by atoms with van der Waals surface area (Å²) in [6, 6.07) is 19.3. The summed E-state index contributed by atoms with van der Waals surface area (Å²) >= 11 is 0. The van der Waals surface area contributed by atoms with E-state index in [0.29, 0.717) is 6.54 Å². The lowest BCUT2D eigenvalue weighted by Crippen LogP contribution is -2.41. The normalized spacial score (nSPS) is 10.0. The predicted molar refractivity (Wildman–Crippen MR) is 79.7 cm³/mol. The van der Waals surface area contributed by atoms with Crippen molar-refractivity contribution in [3.63, 3.8) is 0 Å². The predicted octanol–water partition coefficient (Wildman–Crippen LogP) is 3.77. The maximum Gasteiger partial charge on any atom is 0.328 e. The molecule has 0 spiro atoms. The van der Waals surface area contributed by atoms with Crippen molar-refractivity contribution in [2.45, 2.75) is 6.92 Å². The van der Waals surface area contributed by atoms with Crippen LogP contribution in [0.4, 0.5) is 16.2 Å². The van der Waals surface area contributed by atoms with E-state index in [1.807, 2.05) is 67.6 Å². The number of urea groups is 1. The van der Waals surface area contributed by atoms with Crippen LogP contribution < -0.4 is 9.80 Å². The van der Waals surface area contributed by atoms with Crippen LogP contribution in [0.3, 0.4) is 0 Å². The topological polar surface area (TPSA) is 23.6 Å². The molecule has 3 heteroatoms. The molecule has 19 heavy (non-hydrogen) atoms. The standard InChI is InChI=1S/C16H18N2O/c1-3-18(15-12-8-5-9-13-15)16(19)17(2)14-10-6-4-7-11-14/h4-13H,3H2,1-2H3. The Morgan fingerprint density at radius 1 is 0.895 bits per heavy atom. The highest BCUT2D eigenvalue weighted by Crippen LogP contribution is 2.18. The van der Waals surface area contributed by atoms with Crippen LogP contribution in [0.15, 0.2) is 60.7 Å². The van der Waals surface area contributed by atoms with Crippen LogP contribution in [0.1, 0.15) is 6.92 Å². The van der Waals surface area contributed by atoms with E-state index in [-0.39, 0.29) is 6.03 Å². The lowest BCUT2D eigenvalue weighted by atomic mass is 10.3. The van der Waals surface area contributed by atoms with Gasteiger partial charge in [0.05, 0.1) is 0 Å². The molecule has 2 aromatic carbocycles. The molecule has 2 amide bonds. The fourth-order valence-corrected chi connectivity index (χ4v) is 1.98. The molecule has 0 unspecified atom stereocenters. The van der Waals surface area contributed by atoms with Gasteiger partial charge in [0.1, 0.15) is 0 Å².